The van der Waals surface area contributed by atoms with Gasteiger partial charge in [0.1, 0.15) is 22.9 Å². The lowest BCUT2D eigenvalue weighted by Gasteiger charge is -2.26. The lowest BCUT2D eigenvalue weighted by molar-refractivity contribution is 0.0601. The van der Waals surface area contributed by atoms with Crippen molar-refractivity contribution in [1.82, 2.24) is 15.1 Å². The number of H-pyrrole nitrogens is 1. The Morgan fingerprint density at radius 2 is 1.97 bits per heavy atom. The van der Waals surface area contributed by atoms with E-state index in [1.54, 1.807) is 19.2 Å². The topological polar surface area (TPSA) is 87.7 Å². The van der Waals surface area contributed by atoms with Crippen LogP contribution in [0.15, 0.2) is 36.4 Å². The number of aromatic nitrogens is 2. The first-order valence-corrected chi connectivity index (χ1v) is 11.3. The van der Waals surface area contributed by atoms with Gasteiger partial charge in [-0.1, -0.05) is 23.7 Å². The van der Waals surface area contributed by atoms with Gasteiger partial charge in [-0.25, -0.2) is 0 Å². The van der Waals surface area contributed by atoms with Gasteiger partial charge in [0, 0.05) is 29.3 Å². The molecule has 2 N–H and O–H groups in total. The Labute approximate surface area is 198 Å². The average molecular weight is 470 g/mol. The number of nitrogens with zero attached hydrogens (tertiary/aromatic N) is 2. The van der Waals surface area contributed by atoms with Crippen LogP contribution in [0.3, 0.4) is 0 Å². The standard InChI is InChI=1S/C25H28ClN3O4/c1-14(2)33-11-5-10-29-24(16-6-8-17(32-4)9-7-16)21-22(27-28-23(21)25(29)31)18-13-19(26)15(3)12-20(18)30/h6-9,12-14,24,30H,5,10-11H2,1-4H3,(H,27,28). The van der Waals surface area contributed by atoms with Gasteiger partial charge in [-0.3, -0.25) is 9.89 Å². The van der Waals surface area contributed by atoms with Crippen LogP contribution < -0.4 is 4.74 Å². The molecule has 174 valence electrons. The summed E-state index contributed by atoms with van der Waals surface area (Å²) >= 11 is 6.35. The normalized spacial score (nSPS) is 15.4. The molecule has 33 heavy (non-hydrogen) atoms. The Morgan fingerprint density at radius 3 is 2.64 bits per heavy atom. The number of carbonyl (C=O) groups excluding carboxylic acids is 1. The van der Waals surface area contributed by atoms with Crippen molar-refractivity contribution in [3.8, 4) is 22.8 Å². The van der Waals surface area contributed by atoms with Crippen molar-refractivity contribution >= 4 is 17.5 Å². The van der Waals surface area contributed by atoms with Crippen LogP contribution in [0.4, 0.5) is 0 Å². The monoisotopic (exact) mass is 469 g/mol. The molecule has 1 unspecified atom stereocenters. The number of aromatic amines is 1. The van der Waals surface area contributed by atoms with Crippen LogP contribution in [0.25, 0.3) is 11.3 Å². The highest BCUT2D eigenvalue weighted by molar-refractivity contribution is 6.31. The van der Waals surface area contributed by atoms with E-state index in [0.717, 1.165) is 22.4 Å². The average Bonchev–Trinajstić information content (AvgIpc) is 3.33. The smallest absolute Gasteiger partial charge is 0.273 e. The van der Waals surface area contributed by atoms with Crippen LogP contribution in [0.5, 0.6) is 11.5 Å². The number of amides is 1. The van der Waals surface area contributed by atoms with E-state index < -0.39 is 0 Å². The predicted molar refractivity (Wildman–Crippen MR) is 127 cm³/mol. The molecule has 4 rings (SSSR count). The summed E-state index contributed by atoms with van der Waals surface area (Å²) in [7, 11) is 1.62. The SMILES string of the molecule is COc1ccc(C2c3c(-c4cc(Cl)c(C)cc4O)n[nH]c3C(=O)N2CCCOC(C)C)cc1. The van der Waals surface area contributed by atoms with Crippen molar-refractivity contribution in [3.63, 3.8) is 0 Å². The maximum Gasteiger partial charge on any atom is 0.273 e. The fraction of sp³-hybridized carbons (Fsp3) is 0.360. The Morgan fingerprint density at radius 1 is 1.24 bits per heavy atom. The third kappa shape index (κ3) is 4.43. The first-order chi connectivity index (χ1) is 15.8. The third-order valence-corrected chi connectivity index (χ3v) is 6.23. The molecule has 1 aromatic heterocycles. The number of hydrogen-bond donors (Lipinski definition) is 2. The molecular formula is C25H28ClN3O4. The molecular weight excluding hydrogens is 442 g/mol. The maximum absolute atomic E-state index is 13.4. The van der Waals surface area contributed by atoms with Crippen molar-refractivity contribution in [2.75, 3.05) is 20.3 Å². The second-order valence-electron chi connectivity index (χ2n) is 8.43. The zero-order chi connectivity index (χ0) is 23.7. The Bertz CT molecular complexity index is 1160. The number of methoxy groups -OCH3 is 1. The molecule has 0 saturated carbocycles. The lowest BCUT2D eigenvalue weighted by Crippen LogP contribution is -2.31. The number of nitrogens with one attached hydrogen (secondary N) is 1. The number of benzene rings is 2. The molecule has 0 bridgehead atoms. The fourth-order valence-electron chi connectivity index (χ4n) is 4.18. The lowest BCUT2D eigenvalue weighted by atomic mass is 9.95. The molecule has 3 aromatic rings. The second-order valence-corrected chi connectivity index (χ2v) is 8.83. The highest BCUT2D eigenvalue weighted by Gasteiger charge is 2.42. The minimum absolute atomic E-state index is 0.0657. The van der Waals surface area contributed by atoms with Gasteiger partial charge >= 0.3 is 0 Å². The number of phenols is 1. The van der Waals surface area contributed by atoms with Gasteiger partial charge in [0.05, 0.1) is 19.3 Å². The molecule has 1 aliphatic rings. The fourth-order valence-corrected chi connectivity index (χ4v) is 4.34. The van der Waals surface area contributed by atoms with Crippen molar-refractivity contribution < 1.29 is 19.4 Å². The zero-order valence-electron chi connectivity index (χ0n) is 19.2. The van der Waals surface area contributed by atoms with Gasteiger partial charge in [0.2, 0.25) is 0 Å². The molecule has 1 amide bonds. The third-order valence-electron chi connectivity index (χ3n) is 5.82. The van der Waals surface area contributed by atoms with Crippen LogP contribution in [0, 0.1) is 6.92 Å². The van der Waals surface area contributed by atoms with Gasteiger partial charge in [0.25, 0.3) is 5.91 Å². The summed E-state index contributed by atoms with van der Waals surface area (Å²) in [6.07, 6.45) is 0.833. The van der Waals surface area contributed by atoms with E-state index in [2.05, 4.69) is 10.2 Å². The zero-order valence-corrected chi connectivity index (χ0v) is 19.9. The number of halogens is 1. The Kier molecular flexibility index (Phi) is 6.63. The van der Waals surface area contributed by atoms with E-state index in [-0.39, 0.29) is 23.8 Å². The van der Waals surface area contributed by atoms with Crippen molar-refractivity contribution in [2.45, 2.75) is 39.3 Å². The molecule has 8 heteroatoms. The first-order valence-electron chi connectivity index (χ1n) is 11.0. The van der Waals surface area contributed by atoms with Gasteiger partial charge in [-0.15, -0.1) is 0 Å². The van der Waals surface area contributed by atoms with E-state index in [9.17, 15) is 9.90 Å². The Balaban J connectivity index is 1.77. The molecule has 0 saturated heterocycles. The number of aromatic hydroxyl groups is 1. The summed E-state index contributed by atoms with van der Waals surface area (Å²) in [5.41, 5.74) is 3.84. The number of carbonyl (C=O) groups is 1. The van der Waals surface area contributed by atoms with Crippen LogP contribution in [0.2, 0.25) is 5.02 Å². The summed E-state index contributed by atoms with van der Waals surface area (Å²) in [4.78, 5) is 15.2. The molecule has 0 radical (unpaired) electrons. The van der Waals surface area contributed by atoms with Crippen molar-refractivity contribution in [3.05, 3.63) is 63.8 Å². The van der Waals surface area contributed by atoms with E-state index in [1.165, 1.54) is 0 Å². The number of phenolic OH excluding ortho intramolecular Hbond substituents is 1. The predicted octanol–water partition coefficient (Wildman–Crippen LogP) is 5.11. The molecule has 0 fully saturated rings. The summed E-state index contributed by atoms with van der Waals surface area (Å²) in [5, 5.41) is 18.5. The number of hydrogen-bond acceptors (Lipinski definition) is 5. The van der Waals surface area contributed by atoms with Gasteiger partial charge < -0.3 is 19.5 Å². The van der Waals surface area contributed by atoms with Crippen molar-refractivity contribution in [2.24, 2.45) is 0 Å². The number of ether oxygens (including phenoxy) is 2. The summed E-state index contributed by atoms with van der Waals surface area (Å²) in [6.45, 7) is 6.88. The molecule has 2 aromatic carbocycles. The molecule has 1 aliphatic heterocycles. The number of fused-ring (bicyclic) bond motifs is 1. The quantitative estimate of drug-likeness (QED) is 0.447. The van der Waals surface area contributed by atoms with E-state index in [4.69, 9.17) is 21.1 Å². The molecule has 1 atom stereocenters. The Hall–Kier alpha value is -3.03. The molecule has 0 aliphatic carbocycles. The van der Waals surface area contributed by atoms with Gasteiger partial charge in [-0.2, -0.15) is 5.10 Å². The van der Waals surface area contributed by atoms with Crippen LogP contribution >= 0.6 is 11.6 Å². The maximum atomic E-state index is 13.4. The van der Waals surface area contributed by atoms with E-state index >= 15 is 0 Å². The highest BCUT2D eigenvalue weighted by Crippen LogP contribution is 2.45. The van der Waals surface area contributed by atoms with Crippen LogP contribution in [-0.2, 0) is 4.74 Å². The molecule has 7 nitrogen and oxygen atoms in total. The molecule has 0 spiro atoms. The summed E-state index contributed by atoms with van der Waals surface area (Å²) in [5.74, 6) is 0.665. The van der Waals surface area contributed by atoms with Crippen LogP contribution in [-0.4, -0.2) is 52.5 Å². The van der Waals surface area contributed by atoms with Gasteiger partial charge in [0.15, 0.2) is 0 Å². The summed E-state index contributed by atoms with van der Waals surface area (Å²) < 4.78 is 11.0. The number of rotatable bonds is 8. The van der Waals surface area contributed by atoms with Crippen LogP contribution in [0.1, 0.15) is 53.5 Å². The van der Waals surface area contributed by atoms with E-state index in [0.29, 0.717) is 41.5 Å². The minimum Gasteiger partial charge on any atom is -0.507 e. The summed E-state index contributed by atoms with van der Waals surface area (Å²) in [6, 6.07) is 10.6. The number of aryl methyl sites for hydroxylation is 1. The second kappa shape index (κ2) is 9.45. The minimum atomic E-state index is -0.370. The van der Waals surface area contributed by atoms with E-state index in [1.807, 2.05) is 49.9 Å². The van der Waals surface area contributed by atoms with Gasteiger partial charge in [-0.05, 0) is 62.6 Å². The highest BCUT2D eigenvalue weighted by atomic mass is 35.5. The largest absolute Gasteiger partial charge is 0.507 e. The first kappa shape index (κ1) is 23.1. The molecule has 2 heterocycles. The van der Waals surface area contributed by atoms with Crippen molar-refractivity contribution in [1.29, 1.82) is 0 Å².